The summed E-state index contributed by atoms with van der Waals surface area (Å²) in [6, 6.07) is 1.11. The molecule has 0 saturated heterocycles. The standard InChI is InChI=1S/C13H28ClN/c1-6-12(9-14)15-13(7-10(2)3)8-11(4)5/h10-13,15H,6-9H2,1-5H3. The molecule has 1 nitrogen and oxygen atoms in total. The molecule has 1 N–H and O–H groups in total. The molecule has 0 aromatic heterocycles. The smallest absolute Gasteiger partial charge is 0.0377 e. The Balaban J connectivity index is 4.09. The summed E-state index contributed by atoms with van der Waals surface area (Å²) in [7, 11) is 0. The van der Waals surface area contributed by atoms with Gasteiger partial charge in [-0.1, -0.05) is 34.6 Å². The minimum Gasteiger partial charge on any atom is -0.310 e. The molecule has 0 aliphatic heterocycles. The van der Waals surface area contributed by atoms with Crippen LogP contribution in [-0.2, 0) is 0 Å². The van der Waals surface area contributed by atoms with Crippen molar-refractivity contribution in [1.82, 2.24) is 5.32 Å². The SMILES string of the molecule is CCC(CCl)NC(CC(C)C)CC(C)C. The first-order chi connectivity index (χ1) is 6.99. The molecule has 0 rings (SSSR count). The molecule has 0 aromatic rings. The molecule has 1 unspecified atom stereocenters. The molecule has 0 bridgehead atoms. The van der Waals surface area contributed by atoms with Crippen molar-refractivity contribution < 1.29 is 0 Å². The molecule has 0 aliphatic carbocycles. The van der Waals surface area contributed by atoms with Crippen LogP contribution in [0.1, 0.15) is 53.9 Å². The predicted octanol–water partition coefficient (Wildman–Crippen LogP) is 4.05. The minimum atomic E-state index is 0.481. The summed E-state index contributed by atoms with van der Waals surface area (Å²) in [6.07, 6.45) is 3.63. The van der Waals surface area contributed by atoms with Crippen LogP contribution in [0.15, 0.2) is 0 Å². The van der Waals surface area contributed by atoms with Gasteiger partial charge in [-0.2, -0.15) is 0 Å². The highest BCUT2D eigenvalue weighted by molar-refractivity contribution is 6.18. The first-order valence-corrected chi connectivity index (χ1v) is 6.85. The van der Waals surface area contributed by atoms with Gasteiger partial charge in [0.25, 0.3) is 0 Å². The van der Waals surface area contributed by atoms with Crippen LogP contribution >= 0.6 is 11.6 Å². The highest BCUT2D eigenvalue weighted by Gasteiger charge is 2.15. The van der Waals surface area contributed by atoms with Gasteiger partial charge >= 0.3 is 0 Å². The lowest BCUT2D eigenvalue weighted by Gasteiger charge is -2.26. The molecule has 0 spiro atoms. The molecular weight excluding hydrogens is 206 g/mol. The fourth-order valence-electron chi connectivity index (χ4n) is 1.98. The topological polar surface area (TPSA) is 12.0 Å². The summed E-state index contributed by atoms with van der Waals surface area (Å²) in [6.45, 7) is 11.3. The van der Waals surface area contributed by atoms with Crippen LogP contribution in [0.25, 0.3) is 0 Å². The van der Waals surface area contributed by atoms with E-state index in [9.17, 15) is 0 Å². The molecule has 0 amide bonds. The van der Waals surface area contributed by atoms with Crippen LogP contribution in [0.5, 0.6) is 0 Å². The van der Waals surface area contributed by atoms with Crippen LogP contribution in [-0.4, -0.2) is 18.0 Å². The molecule has 0 saturated carbocycles. The van der Waals surface area contributed by atoms with Gasteiger partial charge in [-0.05, 0) is 31.1 Å². The van der Waals surface area contributed by atoms with Crippen LogP contribution in [0.3, 0.4) is 0 Å². The molecule has 92 valence electrons. The molecule has 15 heavy (non-hydrogen) atoms. The Hall–Kier alpha value is 0.250. The maximum Gasteiger partial charge on any atom is 0.0377 e. The summed E-state index contributed by atoms with van der Waals surface area (Å²) >= 11 is 5.92. The summed E-state index contributed by atoms with van der Waals surface area (Å²) in [5.41, 5.74) is 0. The van der Waals surface area contributed by atoms with E-state index < -0.39 is 0 Å². The second-order valence-corrected chi connectivity index (χ2v) is 5.69. The van der Waals surface area contributed by atoms with Crippen LogP contribution in [0.4, 0.5) is 0 Å². The third-order valence-corrected chi connectivity index (χ3v) is 3.03. The second kappa shape index (κ2) is 8.41. The lowest BCUT2D eigenvalue weighted by molar-refractivity contribution is 0.331. The van der Waals surface area contributed by atoms with Gasteiger partial charge in [-0.25, -0.2) is 0 Å². The fraction of sp³-hybridized carbons (Fsp3) is 1.00. The third kappa shape index (κ3) is 8.10. The summed E-state index contributed by atoms with van der Waals surface area (Å²) in [4.78, 5) is 0. The Morgan fingerprint density at radius 3 is 1.67 bits per heavy atom. The summed E-state index contributed by atoms with van der Waals surface area (Å²) in [5, 5.41) is 3.68. The van der Waals surface area contributed by atoms with Gasteiger partial charge in [0, 0.05) is 18.0 Å². The fourth-order valence-corrected chi connectivity index (χ4v) is 2.28. The average molecular weight is 234 g/mol. The van der Waals surface area contributed by atoms with Gasteiger partial charge in [0.05, 0.1) is 0 Å². The first-order valence-electron chi connectivity index (χ1n) is 6.31. The van der Waals surface area contributed by atoms with Gasteiger partial charge in [0.15, 0.2) is 0 Å². The van der Waals surface area contributed by atoms with Crippen LogP contribution < -0.4 is 5.32 Å². The Kier molecular flexibility index (Phi) is 8.55. The van der Waals surface area contributed by atoms with Crippen molar-refractivity contribution in [1.29, 1.82) is 0 Å². The van der Waals surface area contributed by atoms with Gasteiger partial charge in [-0.15, -0.1) is 11.6 Å². The molecule has 0 heterocycles. The Labute approximate surface area is 101 Å². The van der Waals surface area contributed by atoms with Crippen LogP contribution in [0.2, 0.25) is 0 Å². The largest absolute Gasteiger partial charge is 0.310 e. The summed E-state index contributed by atoms with van der Waals surface area (Å²) < 4.78 is 0. The predicted molar refractivity (Wildman–Crippen MR) is 70.6 cm³/mol. The van der Waals surface area contributed by atoms with E-state index >= 15 is 0 Å². The maximum atomic E-state index is 5.92. The highest BCUT2D eigenvalue weighted by atomic mass is 35.5. The van der Waals surface area contributed by atoms with E-state index in [1.807, 2.05) is 0 Å². The van der Waals surface area contributed by atoms with Gasteiger partial charge < -0.3 is 5.32 Å². The summed E-state index contributed by atoms with van der Waals surface area (Å²) in [5.74, 6) is 2.24. The molecule has 0 aliphatic rings. The van der Waals surface area contributed by atoms with Crippen molar-refractivity contribution >= 4 is 11.6 Å². The van der Waals surface area contributed by atoms with E-state index in [2.05, 4.69) is 39.9 Å². The molecule has 2 heteroatoms. The van der Waals surface area contributed by atoms with Crippen molar-refractivity contribution in [2.24, 2.45) is 11.8 Å². The van der Waals surface area contributed by atoms with Crippen molar-refractivity contribution in [2.45, 2.75) is 66.0 Å². The molecule has 0 fully saturated rings. The quantitative estimate of drug-likeness (QED) is 0.624. The monoisotopic (exact) mass is 233 g/mol. The Morgan fingerprint density at radius 1 is 0.933 bits per heavy atom. The second-order valence-electron chi connectivity index (χ2n) is 5.38. The van der Waals surface area contributed by atoms with E-state index in [0.29, 0.717) is 12.1 Å². The lowest BCUT2D eigenvalue weighted by atomic mass is 9.95. The minimum absolute atomic E-state index is 0.481. The number of rotatable bonds is 8. The van der Waals surface area contributed by atoms with E-state index in [-0.39, 0.29) is 0 Å². The van der Waals surface area contributed by atoms with Gasteiger partial charge in [0.1, 0.15) is 0 Å². The highest BCUT2D eigenvalue weighted by Crippen LogP contribution is 2.14. The molecule has 0 aromatic carbocycles. The zero-order valence-electron chi connectivity index (χ0n) is 11.0. The normalized spacial score (nSPS) is 14.2. The molecule has 1 atom stereocenters. The Morgan fingerprint density at radius 2 is 1.40 bits per heavy atom. The van der Waals surface area contributed by atoms with Gasteiger partial charge in [0.2, 0.25) is 0 Å². The van der Waals surface area contributed by atoms with E-state index in [4.69, 9.17) is 11.6 Å². The average Bonchev–Trinajstić information content (AvgIpc) is 2.11. The third-order valence-electron chi connectivity index (χ3n) is 2.66. The molecular formula is C13H28ClN. The Bertz CT molecular complexity index is 131. The zero-order chi connectivity index (χ0) is 11.8. The van der Waals surface area contributed by atoms with Crippen molar-refractivity contribution in [3.05, 3.63) is 0 Å². The number of hydrogen-bond donors (Lipinski definition) is 1. The molecule has 0 radical (unpaired) electrons. The van der Waals surface area contributed by atoms with Crippen molar-refractivity contribution in [3.63, 3.8) is 0 Å². The number of alkyl halides is 1. The van der Waals surface area contributed by atoms with E-state index in [1.165, 1.54) is 12.8 Å². The van der Waals surface area contributed by atoms with E-state index in [1.54, 1.807) is 0 Å². The number of hydrogen-bond acceptors (Lipinski definition) is 1. The lowest BCUT2D eigenvalue weighted by Crippen LogP contribution is -2.40. The number of nitrogens with one attached hydrogen (secondary N) is 1. The number of halogens is 1. The van der Waals surface area contributed by atoms with Gasteiger partial charge in [-0.3, -0.25) is 0 Å². The first kappa shape index (κ1) is 15.2. The van der Waals surface area contributed by atoms with Crippen molar-refractivity contribution in [2.75, 3.05) is 5.88 Å². The maximum absolute atomic E-state index is 5.92. The van der Waals surface area contributed by atoms with Crippen LogP contribution in [0, 0.1) is 11.8 Å². The van der Waals surface area contributed by atoms with E-state index in [0.717, 1.165) is 24.1 Å². The van der Waals surface area contributed by atoms with Crippen molar-refractivity contribution in [3.8, 4) is 0 Å². The zero-order valence-corrected chi connectivity index (χ0v) is 11.8.